The Morgan fingerprint density at radius 2 is 1.88 bits per heavy atom. The molecule has 1 aromatic carbocycles. The third-order valence-electron chi connectivity index (χ3n) is 1.28. The van der Waals surface area contributed by atoms with Gasteiger partial charge in [0, 0.05) is 11.4 Å². The van der Waals surface area contributed by atoms with Crippen molar-refractivity contribution in [3.05, 3.63) is 30.3 Å². The number of anilines is 1. The molecule has 98 valence electrons. The average Bonchev–Trinajstić information content (AvgIpc) is 2.17. The van der Waals surface area contributed by atoms with Crippen molar-refractivity contribution >= 4 is 27.2 Å². The normalized spacial score (nSPS) is 12.4. The molecule has 0 heterocycles. The lowest BCUT2D eigenvalue weighted by molar-refractivity contribution is 0.283. The van der Waals surface area contributed by atoms with Gasteiger partial charge in [0.25, 0.3) is 0 Å². The van der Waals surface area contributed by atoms with Gasteiger partial charge < -0.3 is 10.3 Å². The predicted molar refractivity (Wildman–Crippen MR) is 62.1 cm³/mol. The summed E-state index contributed by atoms with van der Waals surface area (Å²) in [7, 11) is -4.49. The molecule has 7 nitrogen and oxygen atoms in total. The van der Waals surface area contributed by atoms with Crippen molar-refractivity contribution in [3.8, 4) is 0 Å². The molecular weight excluding hydrogens is 270 g/mol. The Bertz CT molecular complexity index is 433. The lowest BCUT2D eigenvalue weighted by Gasteiger charge is -2.02. The Kier molecular flexibility index (Phi) is 7.66. The maximum absolute atomic E-state index is 9.75. The van der Waals surface area contributed by atoms with Crippen LogP contribution in [0.25, 0.3) is 0 Å². The summed E-state index contributed by atoms with van der Waals surface area (Å²) in [5, 5.41) is 0. The first kappa shape index (κ1) is 16.0. The summed E-state index contributed by atoms with van der Waals surface area (Å²) in [6, 6.07) is 9.49. The van der Waals surface area contributed by atoms with Crippen LogP contribution in [0.2, 0.25) is 0 Å². The molecule has 0 aliphatic carbocycles. The number of benzene rings is 1. The zero-order chi connectivity index (χ0) is 13.3. The lowest BCUT2D eigenvalue weighted by atomic mass is 10.3. The van der Waals surface area contributed by atoms with Crippen LogP contribution in [0.3, 0.4) is 0 Å². The molecule has 0 aromatic heterocycles. The van der Waals surface area contributed by atoms with E-state index in [9.17, 15) is 17.2 Å². The van der Waals surface area contributed by atoms with Gasteiger partial charge in [-0.2, -0.15) is 8.42 Å². The first-order chi connectivity index (χ1) is 7.81. The summed E-state index contributed by atoms with van der Waals surface area (Å²) in [4.78, 5) is 0. The molecule has 9 heteroatoms. The zero-order valence-corrected chi connectivity index (χ0v) is 10.3. The van der Waals surface area contributed by atoms with Gasteiger partial charge in [0.15, 0.2) is 0 Å². The lowest BCUT2D eigenvalue weighted by Crippen LogP contribution is -2.10. The summed E-state index contributed by atoms with van der Waals surface area (Å²) in [5.41, 5.74) is 6.18. The Morgan fingerprint density at radius 3 is 2.18 bits per heavy atom. The van der Waals surface area contributed by atoms with Gasteiger partial charge in [-0.3, -0.25) is 8.76 Å². The Balaban J connectivity index is 0.000000318. The van der Waals surface area contributed by atoms with Crippen molar-refractivity contribution in [2.75, 3.05) is 18.1 Å². The number of nitrogen functional groups attached to an aromatic ring is 1. The topological polar surface area (TPSA) is 130 Å². The van der Waals surface area contributed by atoms with E-state index in [1.807, 2.05) is 30.3 Å². The highest BCUT2D eigenvalue weighted by molar-refractivity contribution is 7.81. The molecule has 0 aliphatic rings. The smallest absolute Gasteiger partial charge is 0.397 e. The summed E-state index contributed by atoms with van der Waals surface area (Å²) in [5.74, 6) is -0.459. The van der Waals surface area contributed by atoms with Crippen molar-refractivity contribution in [3.63, 3.8) is 0 Å². The van der Waals surface area contributed by atoms with Crippen LogP contribution in [0.5, 0.6) is 0 Å². The molecule has 1 aromatic rings. The fraction of sp³-hybridized carbons (Fsp3) is 0.250. The summed E-state index contributed by atoms with van der Waals surface area (Å²) < 4.78 is 50.5. The quantitative estimate of drug-likeness (QED) is 0.450. The van der Waals surface area contributed by atoms with Crippen molar-refractivity contribution in [1.29, 1.82) is 0 Å². The molecule has 1 atom stereocenters. The van der Waals surface area contributed by atoms with Crippen LogP contribution >= 0.6 is 0 Å². The van der Waals surface area contributed by atoms with Crippen LogP contribution in [0.4, 0.5) is 5.69 Å². The van der Waals surface area contributed by atoms with Crippen molar-refractivity contribution < 1.29 is 25.9 Å². The van der Waals surface area contributed by atoms with Crippen molar-refractivity contribution in [2.24, 2.45) is 0 Å². The minimum atomic E-state index is -4.49. The van der Waals surface area contributed by atoms with Gasteiger partial charge in [0.2, 0.25) is 0 Å². The third kappa shape index (κ3) is 12.9. The monoisotopic (exact) mass is 282 g/mol. The van der Waals surface area contributed by atoms with Gasteiger partial charge in [-0.05, 0) is 12.1 Å². The molecule has 0 radical (unpaired) electrons. The van der Waals surface area contributed by atoms with Gasteiger partial charge in [-0.15, -0.1) is 0 Å². The molecule has 0 spiro atoms. The number of nitrogens with two attached hydrogens (primary N) is 1. The highest BCUT2D eigenvalue weighted by atomic mass is 32.3. The molecule has 1 rings (SSSR count). The minimum Gasteiger partial charge on any atom is -0.772 e. The van der Waals surface area contributed by atoms with E-state index in [1.54, 1.807) is 0 Å². The number of hydrogen-bond acceptors (Lipinski definition) is 6. The van der Waals surface area contributed by atoms with E-state index in [0.29, 0.717) is 0 Å². The standard InChI is InChI=1S/C6H7N.C2H6O6S2/c7-6-4-2-1-3-5-6;3-9(4)2-1-8-10(5,6)7/h1-5H,7H2;1-2H2,(H,3,4)(H,5,6,7)/p-1. The van der Waals surface area contributed by atoms with E-state index in [0.717, 1.165) is 5.69 Å². The van der Waals surface area contributed by atoms with E-state index in [2.05, 4.69) is 4.18 Å². The molecule has 0 saturated heterocycles. The predicted octanol–water partition coefficient (Wildman–Crippen LogP) is -0.0463. The van der Waals surface area contributed by atoms with E-state index >= 15 is 0 Å². The zero-order valence-electron chi connectivity index (χ0n) is 8.68. The number of rotatable bonds is 4. The van der Waals surface area contributed by atoms with E-state index < -0.39 is 33.8 Å². The van der Waals surface area contributed by atoms with E-state index in [-0.39, 0.29) is 0 Å². The fourth-order valence-electron chi connectivity index (χ4n) is 0.660. The van der Waals surface area contributed by atoms with E-state index in [1.165, 1.54) is 0 Å². The van der Waals surface area contributed by atoms with Crippen LogP contribution in [0.1, 0.15) is 0 Å². The fourth-order valence-corrected chi connectivity index (χ4v) is 1.28. The molecule has 0 fully saturated rings. The number of hydrogen-bond donors (Lipinski definition) is 2. The van der Waals surface area contributed by atoms with Crippen molar-refractivity contribution in [1.82, 2.24) is 0 Å². The van der Waals surface area contributed by atoms with Crippen LogP contribution in [0, 0.1) is 0 Å². The first-order valence-corrected chi connectivity index (χ1v) is 6.90. The molecule has 17 heavy (non-hydrogen) atoms. The largest absolute Gasteiger partial charge is 0.772 e. The van der Waals surface area contributed by atoms with Crippen LogP contribution in [-0.2, 0) is 25.7 Å². The Hall–Kier alpha value is -1.00. The summed E-state index contributed by atoms with van der Waals surface area (Å²) in [6.45, 7) is -0.561. The van der Waals surface area contributed by atoms with Crippen molar-refractivity contribution in [2.45, 2.75) is 0 Å². The van der Waals surface area contributed by atoms with Gasteiger partial charge in [-0.1, -0.05) is 29.3 Å². The second kappa shape index (κ2) is 8.14. The van der Waals surface area contributed by atoms with Gasteiger partial charge >= 0.3 is 10.4 Å². The SMILES string of the molecule is Nc1ccccc1.O=S([O-])CCOS(=O)(=O)O. The van der Waals surface area contributed by atoms with Gasteiger partial charge in [-0.25, -0.2) is 4.18 Å². The highest BCUT2D eigenvalue weighted by Gasteiger charge is 2.01. The van der Waals surface area contributed by atoms with Crippen LogP contribution in [0.15, 0.2) is 30.3 Å². The molecule has 0 saturated carbocycles. The van der Waals surface area contributed by atoms with Gasteiger partial charge in [0.1, 0.15) is 0 Å². The first-order valence-electron chi connectivity index (χ1n) is 4.29. The molecular formula is C8H12NO6S2-. The van der Waals surface area contributed by atoms with E-state index in [4.69, 9.17) is 10.3 Å². The number of para-hydroxylation sites is 1. The highest BCUT2D eigenvalue weighted by Crippen LogP contribution is 1.95. The minimum absolute atomic E-state index is 0.459. The van der Waals surface area contributed by atoms with Gasteiger partial charge in [0.05, 0.1) is 6.61 Å². The molecule has 1 unspecified atom stereocenters. The third-order valence-corrected chi connectivity index (χ3v) is 2.25. The molecule has 0 amide bonds. The maximum Gasteiger partial charge on any atom is 0.397 e. The average molecular weight is 282 g/mol. The molecule has 0 aliphatic heterocycles. The Labute approximate surface area is 102 Å². The molecule has 3 N–H and O–H groups in total. The second-order valence-corrected chi connectivity index (χ2v) is 4.78. The van der Waals surface area contributed by atoms with Crippen LogP contribution < -0.4 is 5.73 Å². The summed E-state index contributed by atoms with van der Waals surface area (Å²) >= 11 is -2.35. The van der Waals surface area contributed by atoms with Crippen LogP contribution in [-0.4, -0.2) is 34.1 Å². The molecule has 0 bridgehead atoms. The second-order valence-electron chi connectivity index (χ2n) is 2.67. The summed E-state index contributed by atoms with van der Waals surface area (Å²) in [6.07, 6.45) is 0. The Morgan fingerprint density at radius 1 is 1.35 bits per heavy atom. The maximum atomic E-state index is 9.75.